The molecule has 1 heterocycles. The zero-order valence-electron chi connectivity index (χ0n) is 18.9. The van der Waals surface area contributed by atoms with E-state index in [4.69, 9.17) is 28.9 Å². The second-order valence-electron chi connectivity index (χ2n) is 9.43. The van der Waals surface area contributed by atoms with E-state index < -0.39 is 23.5 Å². The number of aromatic carboxylic acids is 1. The molecular weight excluding hydrogens is 473 g/mol. The lowest BCUT2D eigenvalue weighted by Crippen LogP contribution is -2.50. The lowest BCUT2D eigenvalue weighted by Gasteiger charge is -2.39. The molecule has 0 spiro atoms. The third-order valence-electron chi connectivity index (χ3n) is 6.11. The largest absolute Gasteiger partial charge is 0.478 e. The van der Waals surface area contributed by atoms with Crippen molar-refractivity contribution < 1.29 is 14.7 Å². The van der Waals surface area contributed by atoms with Gasteiger partial charge in [0.2, 0.25) is 5.91 Å². The van der Waals surface area contributed by atoms with Gasteiger partial charge in [-0.25, -0.2) is 4.79 Å². The van der Waals surface area contributed by atoms with Gasteiger partial charge in [0.1, 0.15) is 5.92 Å². The number of anilines is 2. The fraction of sp³-hybridized carbons (Fsp3) is 0.231. The summed E-state index contributed by atoms with van der Waals surface area (Å²) in [6, 6.07) is 17.4. The van der Waals surface area contributed by atoms with Gasteiger partial charge in [-0.1, -0.05) is 74.3 Å². The summed E-state index contributed by atoms with van der Waals surface area (Å²) in [5, 5.41) is 16.8. The van der Waals surface area contributed by atoms with Crippen molar-refractivity contribution in [2.24, 2.45) is 5.73 Å². The van der Waals surface area contributed by atoms with Crippen molar-refractivity contribution in [3.8, 4) is 0 Å². The van der Waals surface area contributed by atoms with Crippen LogP contribution in [-0.2, 0) is 15.9 Å². The fourth-order valence-electron chi connectivity index (χ4n) is 4.44. The first-order valence-corrected chi connectivity index (χ1v) is 11.5. The smallest absolute Gasteiger partial charge is 0.335 e. The Kier molecular flexibility index (Phi) is 6.00. The molecule has 2 unspecified atom stereocenters. The Hall–Kier alpha value is -3.22. The summed E-state index contributed by atoms with van der Waals surface area (Å²) < 4.78 is 0. The lowest BCUT2D eigenvalue weighted by molar-refractivity contribution is -0.120. The van der Waals surface area contributed by atoms with Gasteiger partial charge in [0, 0.05) is 15.6 Å². The van der Waals surface area contributed by atoms with Gasteiger partial charge >= 0.3 is 5.97 Å². The van der Waals surface area contributed by atoms with Crippen LogP contribution < -0.4 is 16.4 Å². The van der Waals surface area contributed by atoms with E-state index in [0.717, 1.165) is 5.56 Å². The summed E-state index contributed by atoms with van der Waals surface area (Å²) in [4.78, 5) is 24.6. The standard InChI is InChI=1S/C26H25Cl2N3O3/c1-25(2,3)16-10-7-14(8-11-16)21(23(29)32)26(22-17(27)5-4-6-18(22)28)30-19-12-9-15(24(33)34)13-20(19)31-26/h4-13,21,30-31H,1-3H3,(H2,29,32)(H,33,34). The molecule has 8 heteroatoms. The maximum Gasteiger partial charge on any atom is 0.335 e. The van der Waals surface area contributed by atoms with E-state index in [1.54, 1.807) is 24.3 Å². The first-order chi connectivity index (χ1) is 15.9. The minimum absolute atomic E-state index is 0.0716. The van der Waals surface area contributed by atoms with Crippen molar-refractivity contribution in [3.05, 3.63) is 93.0 Å². The molecule has 4 rings (SSSR count). The summed E-state index contributed by atoms with van der Waals surface area (Å²) in [6.45, 7) is 6.32. The van der Waals surface area contributed by atoms with Crippen LogP contribution >= 0.6 is 23.2 Å². The maximum atomic E-state index is 13.1. The van der Waals surface area contributed by atoms with Gasteiger partial charge < -0.3 is 21.5 Å². The number of nitrogens with two attached hydrogens (primary N) is 1. The molecule has 3 aromatic rings. The molecule has 1 aliphatic heterocycles. The van der Waals surface area contributed by atoms with Crippen molar-refractivity contribution in [2.45, 2.75) is 37.8 Å². The first kappa shape index (κ1) is 23.9. The van der Waals surface area contributed by atoms with E-state index in [0.29, 0.717) is 32.5 Å². The van der Waals surface area contributed by atoms with Crippen LogP contribution in [0.15, 0.2) is 60.7 Å². The molecule has 0 saturated heterocycles. The topological polar surface area (TPSA) is 104 Å². The number of benzene rings is 3. The number of fused-ring (bicyclic) bond motifs is 1. The Balaban J connectivity index is 1.94. The third-order valence-corrected chi connectivity index (χ3v) is 6.74. The Morgan fingerprint density at radius 2 is 1.53 bits per heavy atom. The molecule has 0 aliphatic carbocycles. The molecule has 1 amide bonds. The molecule has 176 valence electrons. The number of carbonyl (C=O) groups excluding carboxylic acids is 1. The number of carboxylic acids is 1. The van der Waals surface area contributed by atoms with E-state index in [1.165, 1.54) is 12.1 Å². The van der Waals surface area contributed by atoms with Crippen LogP contribution in [0, 0.1) is 0 Å². The molecule has 0 bridgehead atoms. The van der Waals surface area contributed by atoms with Crippen molar-refractivity contribution in [3.63, 3.8) is 0 Å². The number of hydrogen-bond acceptors (Lipinski definition) is 4. The molecule has 1 aliphatic rings. The molecule has 0 saturated carbocycles. The Morgan fingerprint density at radius 3 is 2.06 bits per heavy atom. The van der Waals surface area contributed by atoms with Gasteiger partial charge in [0.05, 0.1) is 16.9 Å². The summed E-state index contributed by atoms with van der Waals surface area (Å²) in [6.07, 6.45) is 0. The van der Waals surface area contributed by atoms with E-state index in [1.807, 2.05) is 24.3 Å². The van der Waals surface area contributed by atoms with Crippen LogP contribution in [0.5, 0.6) is 0 Å². The second-order valence-corrected chi connectivity index (χ2v) is 10.2. The van der Waals surface area contributed by atoms with Crippen LogP contribution in [0.3, 0.4) is 0 Å². The normalized spacial score (nSPS) is 17.9. The highest BCUT2D eigenvalue weighted by molar-refractivity contribution is 6.36. The zero-order valence-corrected chi connectivity index (χ0v) is 20.5. The van der Waals surface area contributed by atoms with Crippen LogP contribution in [0.4, 0.5) is 11.4 Å². The van der Waals surface area contributed by atoms with Crippen LogP contribution in [0.1, 0.15) is 53.7 Å². The van der Waals surface area contributed by atoms with Crippen LogP contribution in [0.25, 0.3) is 0 Å². The number of primary amides is 1. The Bertz CT molecular complexity index is 1270. The van der Waals surface area contributed by atoms with Gasteiger partial charge in [-0.15, -0.1) is 0 Å². The molecule has 34 heavy (non-hydrogen) atoms. The molecule has 0 fully saturated rings. The average molecular weight is 498 g/mol. The summed E-state index contributed by atoms with van der Waals surface area (Å²) in [5.74, 6) is -2.62. The molecule has 0 radical (unpaired) electrons. The monoisotopic (exact) mass is 497 g/mol. The minimum atomic E-state index is -1.36. The number of rotatable bonds is 5. The van der Waals surface area contributed by atoms with Crippen LogP contribution in [-0.4, -0.2) is 17.0 Å². The number of hydrogen-bond donors (Lipinski definition) is 4. The van der Waals surface area contributed by atoms with Crippen LogP contribution in [0.2, 0.25) is 10.0 Å². The molecule has 2 atom stereocenters. The zero-order chi connectivity index (χ0) is 24.8. The van der Waals surface area contributed by atoms with E-state index >= 15 is 0 Å². The van der Waals surface area contributed by atoms with Gasteiger partial charge in [-0.2, -0.15) is 0 Å². The van der Waals surface area contributed by atoms with Crippen molar-refractivity contribution in [1.82, 2.24) is 0 Å². The fourth-order valence-corrected chi connectivity index (χ4v) is 5.13. The van der Waals surface area contributed by atoms with Crippen molar-refractivity contribution in [1.29, 1.82) is 0 Å². The number of nitrogens with one attached hydrogen (secondary N) is 2. The molecule has 0 aromatic heterocycles. The van der Waals surface area contributed by atoms with E-state index in [9.17, 15) is 14.7 Å². The second kappa shape index (κ2) is 8.53. The quantitative estimate of drug-likeness (QED) is 0.348. The van der Waals surface area contributed by atoms with Gasteiger partial charge in [-0.3, -0.25) is 4.79 Å². The van der Waals surface area contributed by atoms with Gasteiger partial charge in [-0.05, 0) is 46.9 Å². The minimum Gasteiger partial charge on any atom is -0.478 e. The van der Waals surface area contributed by atoms with Crippen molar-refractivity contribution in [2.75, 3.05) is 10.6 Å². The van der Waals surface area contributed by atoms with Gasteiger partial charge in [0.15, 0.2) is 5.66 Å². The van der Waals surface area contributed by atoms with E-state index in [2.05, 4.69) is 31.4 Å². The molecular formula is C26H25Cl2N3O3. The molecule has 6 nitrogen and oxygen atoms in total. The van der Waals surface area contributed by atoms with Gasteiger partial charge in [0.25, 0.3) is 0 Å². The summed E-state index contributed by atoms with van der Waals surface area (Å²) in [7, 11) is 0. The van der Waals surface area contributed by atoms with Crippen molar-refractivity contribution >= 4 is 46.5 Å². The highest BCUT2D eigenvalue weighted by atomic mass is 35.5. The maximum absolute atomic E-state index is 13.1. The highest BCUT2D eigenvalue weighted by Crippen LogP contribution is 2.51. The third kappa shape index (κ3) is 4.08. The Labute approximate surface area is 208 Å². The predicted molar refractivity (Wildman–Crippen MR) is 136 cm³/mol. The highest BCUT2D eigenvalue weighted by Gasteiger charge is 2.51. The number of amides is 1. The molecule has 3 aromatic carbocycles. The number of halogens is 2. The summed E-state index contributed by atoms with van der Waals surface area (Å²) >= 11 is 13.3. The Morgan fingerprint density at radius 1 is 0.941 bits per heavy atom. The number of carbonyl (C=O) groups is 2. The number of carboxylic acid groups (broad SMARTS) is 1. The summed E-state index contributed by atoms with van der Waals surface area (Å²) in [5.41, 5.74) is 7.96. The first-order valence-electron chi connectivity index (χ1n) is 10.7. The predicted octanol–water partition coefficient (Wildman–Crippen LogP) is 5.95. The average Bonchev–Trinajstić information content (AvgIpc) is 3.11. The SMILES string of the molecule is CC(C)(C)c1ccc(C(C(N)=O)C2(c3c(Cl)cccc3Cl)Nc3ccc(C(=O)O)cc3N2)cc1. The van der Waals surface area contributed by atoms with E-state index in [-0.39, 0.29) is 11.0 Å². The molecule has 5 N–H and O–H groups in total. The lowest BCUT2D eigenvalue weighted by atomic mass is 9.79.